The maximum absolute atomic E-state index is 13.0. The van der Waals surface area contributed by atoms with E-state index in [9.17, 15) is 9.18 Å². The second kappa shape index (κ2) is 5.59. The monoisotopic (exact) mass is 302 g/mol. The normalized spacial score (nSPS) is 10.5. The summed E-state index contributed by atoms with van der Waals surface area (Å²) >= 11 is 11.4. The molecule has 2 aromatic rings. The number of hydrogen-bond donors (Lipinski definition) is 0. The van der Waals surface area contributed by atoms with Crippen LogP contribution in [0.4, 0.5) is 4.39 Å². The Morgan fingerprint density at radius 2 is 2.16 bits per heavy atom. The first-order valence-corrected chi connectivity index (χ1v) is 6.01. The Balaban J connectivity index is 2.38. The Morgan fingerprint density at radius 1 is 1.42 bits per heavy atom. The molecule has 1 aromatic carbocycles. The number of hydrogen-bond acceptors (Lipinski definition) is 3. The van der Waals surface area contributed by atoms with Crippen LogP contribution in [0.1, 0.15) is 5.56 Å². The number of methoxy groups -OCH3 is 1. The van der Waals surface area contributed by atoms with Gasteiger partial charge in [-0.2, -0.15) is 0 Å². The van der Waals surface area contributed by atoms with E-state index in [1.807, 2.05) is 0 Å². The van der Waals surface area contributed by atoms with Crippen LogP contribution in [0.2, 0.25) is 10.2 Å². The van der Waals surface area contributed by atoms with Crippen LogP contribution in [0, 0.1) is 5.82 Å². The van der Waals surface area contributed by atoms with Crippen LogP contribution < -0.4 is 10.3 Å². The Bertz CT molecular complexity index is 673. The molecule has 0 N–H and O–H groups in total. The van der Waals surface area contributed by atoms with E-state index in [1.165, 1.54) is 36.2 Å². The molecule has 0 aliphatic carbocycles. The average Bonchev–Trinajstić information content (AvgIpc) is 2.38. The Morgan fingerprint density at radius 3 is 2.79 bits per heavy atom. The zero-order valence-corrected chi connectivity index (χ0v) is 11.4. The first-order valence-electron chi connectivity index (χ1n) is 5.25. The zero-order valence-electron chi connectivity index (χ0n) is 9.86. The molecule has 0 unspecified atom stereocenters. The highest BCUT2D eigenvalue weighted by Gasteiger charge is 2.11. The number of aromatic nitrogens is 2. The summed E-state index contributed by atoms with van der Waals surface area (Å²) in [6.45, 7) is 0.194. The van der Waals surface area contributed by atoms with Crippen molar-refractivity contribution >= 4 is 23.2 Å². The van der Waals surface area contributed by atoms with Gasteiger partial charge in [-0.15, -0.1) is 0 Å². The highest BCUT2D eigenvalue weighted by molar-refractivity contribution is 6.31. The number of halogens is 3. The fraction of sp³-hybridized carbons (Fsp3) is 0.167. The van der Waals surface area contributed by atoms with Crippen LogP contribution >= 0.6 is 23.2 Å². The van der Waals surface area contributed by atoms with E-state index < -0.39 is 11.4 Å². The second-order valence-corrected chi connectivity index (χ2v) is 4.52. The molecular weight excluding hydrogens is 294 g/mol. The third-order valence-corrected chi connectivity index (χ3v) is 3.05. The summed E-state index contributed by atoms with van der Waals surface area (Å²) in [5, 5.41) is 0.000301. The van der Waals surface area contributed by atoms with Gasteiger partial charge in [-0.25, -0.2) is 9.37 Å². The molecule has 0 aliphatic heterocycles. The van der Waals surface area contributed by atoms with E-state index in [0.29, 0.717) is 5.56 Å². The van der Waals surface area contributed by atoms with Crippen molar-refractivity contribution in [2.75, 3.05) is 7.11 Å². The third-order valence-electron chi connectivity index (χ3n) is 2.49. The largest absolute Gasteiger partial charge is 0.489 e. The SMILES string of the molecule is COc1c(Cl)ncn(Cc2ccc(F)c(Cl)c2)c1=O. The van der Waals surface area contributed by atoms with Gasteiger partial charge in [-0.05, 0) is 17.7 Å². The highest BCUT2D eigenvalue weighted by atomic mass is 35.5. The van der Waals surface area contributed by atoms with Crippen molar-refractivity contribution in [2.45, 2.75) is 6.54 Å². The smallest absolute Gasteiger partial charge is 0.297 e. The van der Waals surface area contributed by atoms with Gasteiger partial charge in [0.2, 0.25) is 5.75 Å². The summed E-state index contributed by atoms with van der Waals surface area (Å²) in [5.41, 5.74) is 0.252. The summed E-state index contributed by atoms with van der Waals surface area (Å²) in [6.07, 6.45) is 1.30. The van der Waals surface area contributed by atoms with Gasteiger partial charge in [-0.1, -0.05) is 29.3 Å². The van der Waals surface area contributed by atoms with E-state index in [1.54, 1.807) is 0 Å². The minimum atomic E-state index is -0.510. The number of rotatable bonds is 3. The van der Waals surface area contributed by atoms with Gasteiger partial charge < -0.3 is 4.74 Å². The summed E-state index contributed by atoms with van der Waals surface area (Å²) in [5.74, 6) is -0.540. The Hall–Kier alpha value is -1.59. The Kier molecular flexibility index (Phi) is 4.07. The molecule has 0 amide bonds. The van der Waals surface area contributed by atoms with Gasteiger partial charge in [0.05, 0.1) is 25.0 Å². The van der Waals surface area contributed by atoms with Crippen molar-refractivity contribution in [3.63, 3.8) is 0 Å². The maximum atomic E-state index is 13.0. The molecule has 19 heavy (non-hydrogen) atoms. The summed E-state index contributed by atoms with van der Waals surface area (Å²) in [4.78, 5) is 15.8. The molecule has 0 saturated heterocycles. The van der Waals surface area contributed by atoms with Gasteiger partial charge in [-0.3, -0.25) is 9.36 Å². The highest BCUT2D eigenvalue weighted by Crippen LogP contribution is 2.18. The van der Waals surface area contributed by atoms with E-state index in [0.717, 1.165) is 0 Å². The summed E-state index contributed by atoms with van der Waals surface area (Å²) in [7, 11) is 1.34. The second-order valence-electron chi connectivity index (χ2n) is 3.75. The molecule has 0 atom stereocenters. The lowest BCUT2D eigenvalue weighted by molar-refractivity contribution is 0.401. The molecule has 0 aliphatic rings. The van der Waals surface area contributed by atoms with Crippen molar-refractivity contribution in [2.24, 2.45) is 0 Å². The van der Waals surface area contributed by atoms with Crippen molar-refractivity contribution in [3.8, 4) is 5.75 Å². The molecule has 4 nitrogen and oxygen atoms in total. The number of ether oxygens (including phenoxy) is 1. The molecule has 100 valence electrons. The molecular formula is C12H9Cl2FN2O2. The van der Waals surface area contributed by atoms with Gasteiger partial charge in [0.25, 0.3) is 5.56 Å². The van der Waals surface area contributed by atoms with Crippen molar-refractivity contribution in [1.29, 1.82) is 0 Å². The number of benzene rings is 1. The molecule has 0 bridgehead atoms. The molecule has 0 saturated carbocycles. The molecule has 0 radical (unpaired) electrons. The van der Waals surface area contributed by atoms with Crippen LogP contribution in [0.25, 0.3) is 0 Å². The van der Waals surface area contributed by atoms with Crippen molar-refractivity contribution in [1.82, 2.24) is 9.55 Å². The predicted octanol–water partition coefficient (Wildman–Crippen LogP) is 2.75. The average molecular weight is 303 g/mol. The topological polar surface area (TPSA) is 44.1 Å². The van der Waals surface area contributed by atoms with Crippen LogP contribution in [-0.2, 0) is 6.54 Å². The molecule has 1 heterocycles. The first kappa shape index (κ1) is 13.8. The molecule has 0 fully saturated rings. The van der Waals surface area contributed by atoms with E-state index in [4.69, 9.17) is 27.9 Å². The minimum Gasteiger partial charge on any atom is -0.489 e. The molecule has 2 rings (SSSR count). The lowest BCUT2D eigenvalue weighted by Crippen LogP contribution is -2.22. The van der Waals surface area contributed by atoms with Crippen LogP contribution in [0.15, 0.2) is 29.3 Å². The van der Waals surface area contributed by atoms with Crippen molar-refractivity contribution < 1.29 is 9.13 Å². The van der Waals surface area contributed by atoms with Gasteiger partial charge in [0.15, 0.2) is 5.15 Å². The van der Waals surface area contributed by atoms with Gasteiger partial charge in [0.1, 0.15) is 5.82 Å². The zero-order chi connectivity index (χ0) is 14.0. The predicted molar refractivity (Wildman–Crippen MR) is 70.6 cm³/mol. The Labute approximate surface area is 118 Å². The fourth-order valence-electron chi connectivity index (χ4n) is 1.57. The standard InChI is InChI=1S/C12H9Cl2FN2O2/c1-19-10-11(14)16-6-17(12(10)18)5-7-2-3-9(15)8(13)4-7/h2-4,6H,5H2,1H3. The lowest BCUT2D eigenvalue weighted by atomic mass is 10.2. The lowest BCUT2D eigenvalue weighted by Gasteiger charge is -2.08. The van der Waals surface area contributed by atoms with Crippen LogP contribution in [-0.4, -0.2) is 16.7 Å². The first-order chi connectivity index (χ1) is 9.02. The van der Waals surface area contributed by atoms with Crippen LogP contribution in [0.3, 0.4) is 0 Å². The summed E-state index contributed by atoms with van der Waals surface area (Å²) < 4.78 is 19.2. The van der Waals surface area contributed by atoms with Gasteiger partial charge in [0, 0.05) is 0 Å². The minimum absolute atomic E-state index is 0.000522. The summed E-state index contributed by atoms with van der Waals surface area (Å²) in [6, 6.07) is 4.22. The molecule has 1 aromatic heterocycles. The number of nitrogens with zero attached hydrogens (tertiary/aromatic N) is 2. The third kappa shape index (κ3) is 2.88. The quantitative estimate of drug-likeness (QED) is 0.819. The fourth-order valence-corrected chi connectivity index (χ4v) is 1.97. The van der Waals surface area contributed by atoms with E-state index >= 15 is 0 Å². The van der Waals surface area contributed by atoms with Crippen molar-refractivity contribution in [3.05, 3.63) is 56.4 Å². The van der Waals surface area contributed by atoms with Gasteiger partial charge >= 0.3 is 0 Å². The van der Waals surface area contributed by atoms with Crippen LogP contribution in [0.5, 0.6) is 5.75 Å². The maximum Gasteiger partial charge on any atom is 0.297 e. The molecule has 7 heteroatoms. The molecule has 0 spiro atoms. The van der Waals surface area contributed by atoms with E-state index in [2.05, 4.69) is 4.98 Å². The van der Waals surface area contributed by atoms with E-state index in [-0.39, 0.29) is 22.5 Å².